The van der Waals surface area contributed by atoms with Crippen LogP contribution in [0.3, 0.4) is 0 Å². The number of nitrogens with zero attached hydrogens (tertiary/aromatic N) is 4. The molecule has 2 aromatic heterocycles. The van der Waals surface area contributed by atoms with Crippen LogP contribution < -0.4 is 5.73 Å². The van der Waals surface area contributed by atoms with E-state index in [1.165, 1.54) is 6.33 Å². The minimum Gasteiger partial charge on any atom is -0.382 e. The molecule has 0 saturated carbocycles. The van der Waals surface area contributed by atoms with E-state index in [0.717, 1.165) is 0 Å². The van der Waals surface area contributed by atoms with E-state index in [2.05, 4.69) is 15.0 Å². The van der Waals surface area contributed by atoms with E-state index >= 15 is 0 Å². The minimum absolute atomic E-state index is 0.241. The van der Waals surface area contributed by atoms with Crippen LogP contribution >= 0.6 is 7.60 Å². The van der Waals surface area contributed by atoms with E-state index < -0.39 is 20.0 Å². The van der Waals surface area contributed by atoms with Gasteiger partial charge in [0.25, 0.3) is 0 Å². The molecular weight excluding hydrogens is 301 g/mol. The van der Waals surface area contributed by atoms with Gasteiger partial charge in [0.2, 0.25) is 0 Å². The zero-order valence-electron chi connectivity index (χ0n) is 10.9. The van der Waals surface area contributed by atoms with E-state index in [1.54, 1.807) is 10.9 Å². The fourth-order valence-corrected chi connectivity index (χ4v) is 2.63. The summed E-state index contributed by atoms with van der Waals surface area (Å²) < 4.78 is 23.2. The van der Waals surface area contributed by atoms with Crippen LogP contribution in [0.5, 0.6) is 0 Å². The number of aromatic nitrogens is 4. The Balaban J connectivity index is 1.87. The highest BCUT2D eigenvalue weighted by Gasteiger charge is 2.33. The molecule has 3 heterocycles. The van der Waals surface area contributed by atoms with Gasteiger partial charge >= 0.3 is 7.60 Å². The van der Waals surface area contributed by atoms with Crippen LogP contribution in [0, 0.1) is 0 Å². The maximum atomic E-state index is 10.9. The van der Waals surface area contributed by atoms with Gasteiger partial charge < -0.3 is 29.6 Å². The topological polar surface area (TPSA) is 146 Å². The molecule has 2 aromatic rings. The molecule has 11 heteroatoms. The Labute approximate surface area is 119 Å². The van der Waals surface area contributed by atoms with Crippen molar-refractivity contribution in [1.82, 2.24) is 19.5 Å². The van der Waals surface area contributed by atoms with Crippen LogP contribution in [0.25, 0.3) is 11.2 Å². The molecule has 1 saturated heterocycles. The number of fused-ring (bicyclic) bond motifs is 1. The molecule has 21 heavy (non-hydrogen) atoms. The summed E-state index contributed by atoms with van der Waals surface area (Å²) in [5.74, 6) is 0.269. The molecule has 0 amide bonds. The van der Waals surface area contributed by atoms with Crippen LogP contribution in [-0.2, 0) is 14.0 Å². The van der Waals surface area contributed by atoms with Crippen LogP contribution in [0.1, 0.15) is 6.04 Å². The summed E-state index contributed by atoms with van der Waals surface area (Å²) in [5.41, 5.74) is 6.73. The molecule has 1 fully saturated rings. The first-order chi connectivity index (χ1) is 9.96. The number of rotatable bonds is 4. The largest absolute Gasteiger partial charge is 0.382 e. The molecule has 0 radical (unpaired) electrons. The summed E-state index contributed by atoms with van der Waals surface area (Å²) in [6.07, 6.45) is 1.73. The summed E-state index contributed by atoms with van der Waals surface area (Å²) in [5, 5.41) is 0. The highest BCUT2D eigenvalue weighted by atomic mass is 31.2. The molecule has 0 aromatic carbocycles. The van der Waals surface area contributed by atoms with Crippen molar-refractivity contribution in [3.63, 3.8) is 0 Å². The molecule has 1 aliphatic heterocycles. The number of ether oxygens (including phenoxy) is 2. The first-order valence-electron chi connectivity index (χ1n) is 6.12. The number of nitrogen functional groups attached to an aromatic ring is 1. The number of hydrogen-bond acceptors (Lipinski definition) is 7. The smallest absolute Gasteiger partial charge is 0.350 e. The maximum absolute atomic E-state index is 10.9. The molecule has 114 valence electrons. The monoisotopic (exact) mass is 315 g/mol. The third kappa shape index (κ3) is 2.89. The molecule has 10 nitrogen and oxygen atoms in total. The average molecular weight is 315 g/mol. The van der Waals surface area contributed by atoms with Gasteiger partial charge in [0.05, 0.1) is 25.6 Å². The second kappa shape index (κ2) is 5.32. The second-order valence-electron chi connectivity index (χ2n) is 4.69. The van der Waals surface area contributed by atoms with Crippen LogP contribution in [0.15, 0.2) is 12.7 Å². The van der Waals surface area contributed by atoms with Crippen molar-refractivity contribution in [2.24, 2.45) is 0 Å². The molecule has 1 aliphatic rings. The molecule has 2 atom stereocenters. The van der Waals surface area contributed by atoms with Crippen molar-refractivity contribution >= 4 is 24.6 Å². The average Bonchev–Trinajstić information content (AvgIpc) is 3.01. The van der Waals surface area contributed by atoms with Gasteiger partial charge in [0, 0.05) is 0 Å². The Hall–Kier alpha value is -1.58. The summed E-state index contributed by atoms with van der Waals surface area (Å²) in [6.45, 7) is 0.575. The Morgan fingerprint density at radius 1 is 1.43 bits per heavy atom. The van der Waals surface area contributed by atoms with Gasteiger partial charge in [-0.25, -0.2) is 15.0 Å². The van der Waals surface area contributed by atoms with Crippen LogP contribution in [-0.4, -0.2) is 55.0 Å². The number of anilines is 1. The van der Waals surface area contributed by atoms with Crippen molar-refractivity contribution in [2.75, 3.05) is 25.3 Å². The molecule has 0 aliphatic carbocycles. The Morgan fingerprint density at radius 3 is 3.00 bits per heavy atom. The van der Waals surface area contributed by atoms with Crippen molar-refractivity contribution in [3.8, 4) is 0 Å². The summed E-state index contributed by atoms with van der Waals surface area (Å²) in [7, 11) is -4.23. The van der Waals surface area contributed by atoms with Crippen molar-refractivity contribution in [2.45, 2.75) is 12.1 Å². The summed E-state index contributed by atoms with van der Waals surface area (Å²) in [4.78, 5) is 29.9. The van der Waals surface area contributed by atoms with E-state index in [4.69, 9.17) is 25.0 Å². The Bertz CT molecular complexity index is 700. The lowest BCUT2D eigenvalue weighted by Crippen LogP contribution is -2.25. The molecule has 0 bridgehead atoms. The van der Waals surface area contributed by atoms with Gasteiger partial charge in [-0.3, -0.25) is 4.57 Å². The summed E-state index contributed by atoms with van der Waals surface area (Å²) >= 11 is 0. The number of hydrogen-bond donors (Lipinski definition) is 3. The van der Waals surface area contributed by atoms with Gasteiger partial charge in [-0.15, -0.1) is 0 Å². The Kier molecular flexibility index (Phi) is 3.64. The zero-order chi connectivity index (χ0) is 15.0. The van der Waals surface area contributed by atoms with Gasteiger partial charge in [-0.2, -0.15) is 0 Å². The Morgan fingerprint density at radius 2 is 2.24 bits per heavy atom. The van der Waals surface area contributed by atoms with Gasteiger partial charge in [-0.05, 0) is 0 Å². The molecular formula is C10H14N5O5P. The van der Waals surface area contributed by atoms with E-state index in [9.17, 15) is 4.57 Å². The maximum Gasteiger partial charge on any atom is 0.350 e. The van der Waals surface area contributed by atoms with Gasteiger partial charge in [0.1, 0.15) is 24.3 Å². The highest BCUT2D eigenvalue weighted by Crippen LogP contribution is 2.36. The quantitative estimate of drug-likeness (QED) is 0.635. The lowest BCUT2D eigenvalue weighted by molar-refractivity contribution is 0.0476. The molecule has 0 unspecified atom stereocenters. The third-order valence-corrected chi connectivity index (χ3v) is 3.69. The van der Waals surface area contributed by atoms with Crippen molar-refractivity contribution in [1.29, 1.82) is 0 Å². The lowest BCUT2D eigenvalue weighted by atomic mass is 10.2. The number of nitrogens with two attached hydrogens (primary N) is 1. The third-order valence-electron chi connectivity index (χ3n) is 3.20. The van der Waals surface area contributed by atoms with Crippen LogP contribution in [0.4, 0.5) is 5.82 Å². The van der Waals surface area contributed by atoms with Crippen molar-refractivity contribution in [3.05, 3.63) is 12.7 Å². The highest BCUT2D eigenvalue weighted by molar-refractivity contribution is 7.51. The van der Waals surface area contributed by atoms with Gasteiger partial charge in [0.15, 0.2) is 11.5 Å². The fraction of sp³-hybridized carbons (Fsp3) is 0.500. The zero-order valence-corrected chi connectivity index (χ0v) is 11.8. The SMILES string of the molecule is Nc1ncnc2c1ncn2[C@H]1COC[C@@H]1OCP(=O)(O)O. The van der Waals surface area contributed by atoms with Crippen molar-refractivity contribution < 1.29 is 23.8 Å². The molecule has 3 rings (SSSR count). The predicted molar refractivity (Wildman–Crippen MR) is 71.4 cm³/mol. The second-order valence-corrected chi connectivity index (χ2v) is 6.27. The minimum atomic E-state index is -4.23. The van der Waals surface area contributed by atoms with Crippen LogP contribution in [0.2, 0.25) is 0 Å². The first-order valence-corrected chi connectivity index (χ1v) is 7.92. The predicted octanol–water partition coefficient (Wildman–Crippen LogP) is -0.500. The fourth-order valence-electron chi connectivity index (χ4n) is 2.25. The van der Waals surface area contributed by atoms with Gasteiger partial charge in [-0.1, -0.05) is 0 Å². The first kappa shape index (κ1) is 14.4. The number of imidazole rings is 1. The summed E-state index contributed by atoms with van der Waals surface area (Å²) in [6, 6.07) is -0.282. The van der Waals surface area contributed by atoms with E-state index in [0.29, 0.717) is 17.8 Å². The normalized spacial score (nSPS) is 23.0. The lowest BCUT2D eigenvalue weighted by Gasteiger charge is -2.20. The van der Waals surface area contributed by atoms with E-state index in [1.807, 2.05) is 0 Å². The standard InChI is InChI=1S/C10H14N5O5P/c11-9-8-10(13-3-12-9)15(4-14-8)6-1-19-2-7(6)20-5-21(16,17)18/h3-4,6-7H,1-2,5H2,(H2,11,12,13)(H2,16,17,18)/t6-,7-/m0/s1. The molecule has 0 spiro atoms. The van der Waals surface area contributed by atoms with E-state index in [-0.39, 0.29) is 18.5 Å². The molecule has 4 N–H and O–H groups in total.